The first-order valence-corrected chi connectivity index (χ1v) is 12.0. The summed E-state index contributed by atoms with van der Waals surface area (Å²) in [5.74, 6) is -0.576. The number of fused-ring (bicyclic) bond motifs is 1. The van der Waals surface area contributed by atoms with Crippen molar-refractivity contribution in [3.63, 3.8) is 0 Å². The van der Waals surface area contributed by atoms with E-state index in [4.69, 9.17) is 4.74 Å². The molecule has 1 aliphatic heterocycles. The van der Waals surface area contributed by atoms with Crippen LogP contribution in [0.25, 0.3) is 16.3 Å². The fourth-order valence-electron chi connectivity index (χ4n) is 3.42. The molecule has 0 bridgehead atoms. The molecule has 0 spiro atoms. The number of nitriles is 1. The van der Waals surface area contributed by atoms with E-state index < -0.39 is 15.8 Å². The number of hydrogen-bond donors (Lipinski definition) is 1. The van der Waals surface area contributed by atoms with E-state index in [1.807, 2.05) is 6.07 Å². The number of nitro benzene ring substituents is 2. The van der Waals surface area contributed by atoms with E-state index in [0.717, 1.165) is 24.6 Å². The van der Waals surface area contributed by atoms with Crippen molar-refractivity contribution >= 4 is 56.7 Å². The van der Waals surface area contributed by atoms with Gasteiger partial charge in [-0.05, 0) is 36.6 Å². The van der Waals surface area contributed by atoms with Crippen molar-refractivity contribution in [2.75, 3.05) is 13.2 Å². The highest BCUT2D eigenvalue weighted by atomic mass is 32.2. The number of nitrogens with zero attached hydrogens (tertiary/aromatic N) is 4. The van der Waals surface area contributed by atoms with Crippen molar-refractivity contribution in [1.82, 2.24) is 10.3 Å². The number of amides is 1. The third-order valence-electron chi connectivity index (χ3n) is 5.13. The molecular weight excluding hydrogens is 494 g/mol. The van der Waals surface area contributed by atoms with E-state index in [2.05, 4.69) is 10.3 Å². The first kappa shape index (κ1) is 24.3. The van der Waals surface area contributed by atoms with Crippen LogP contribution >= 0.6 is 23.1 Å². The van der Waals surface area contributed by atoms with Gasteiger partial charge < -0.3 is 10.1 Å². The summed E-state index contributed by atoms with van der Waals surface area (Å²) in [5, 5.41) is 34.8. The predicted molar refractivity (Wildman–Crippen MR) is 129 cm³/mol. The van der Waals surface area contributed by atoms with Crippen LogP contribution in [0.2, 0.25) is 0 Å². The number of hydrogen-bond acceptors (Lipinski definition) is 10. The quantitative estimate of drug-likeness (QED) is 0.199. The number of benzene rings is 2. The summed E-state index contributed by atoms with van der Waals surface area (Å²) in [6.45, 7) is 0.936. The van der Waals surface area contributed by atoms with Crippen molar-refractivity contribution in [1.29, 1.82) is 5.26 Å². The van der Waals surface area contributed by atoms with Crippen molar-refractivity contribution < 1.29 is 19.4 Å². The average molecular weight is 512 g/mol. The Kier molecular flexibility index (Phi) is 7.35. The van der Waals surface area contributed by atoms with Gasteiger partial charge in [0.1, 0.15) is 11.6 Å². The predicted octanol–water partition coefficient (Wildman–Crippen LogP) is 4.47. The monoisotopic (exact) mass is 511 g/mol. The van der Waals surface area contributed by atoms with Crippen LogP contribution in [0.15, 0.2) is 51.2 Å². The Bertz CT molecular complexity index is 1390. The molecular formula is C22H17N5O6S2. The molecule has 0 unspecified atom stereocenters. The molecule has 1 N–H and O–H groups in total. The van der Waals surface area contributed by atoms with E-state index in [9.17, 15) is 30.3 Å². The zero-order chi connectivity index (χ0) is 24.9. The standard InChI is InChI=1S/C22H17N5O6S2/c23-11-14(21(28)24-12-16-2-1-7-33-16)8-13-3-6-19(18(9-13)27(31)32)34-22-25-17-5-4-15(26(29)30)10-20(17)35-22/h3-6,8-10,16H,1-2,7,12H2,(H,24,28)/b14-8+/t16-/m1/s1. The number of ether oxygens (including phenoxy) is 1. The van der Waals surface area contributed by atoms with Crippen LogP contribution in [0, 0.1) is 31.6 Å². The Labute approximate surface area is 206 Å². The maximum absolute atomic E-state index is 12.4. The van der Waals surface area contributed by atoms with Gasteiger partial charge in [-0.3, -0.25) is 25.0 Å². The fourth-order valence-corrected chi connectivity index (χ4v) is 5.56. The summed E-state index contributed by atoms with van der Waals surface area (Å²) in [6.07, 6.45) is 2.98. The SMILES string of the molecule is N#C/C(=C\c1ccc(Sc2nc3ccc([N+](=O)[O-])cc3s2)c([N+](=O)[O-])c1)C(=O)NC[C@H]1CCCO1. The van der Waals surface area contributed by atoms with Crippen molar-refractivity contribution in [3.8, 4) is 6.07 Å². The summed E-state index contributed by atoms with van der Waals surface area (Å²) < 4.78 is 6.52. The highest BCUT2D eigenvalue weighted by Crippen LogP contribution is 2.40. The lowest BCUT2D eigenvalue weighted by Gasteiger charge is -2.10. The molecule has 11 nitrogen and oxygen atoms in total. The third-order valence-corrected chi connectivity index (χ3v) is 7.27. The fraction of sp³-hybridized carbons (Fsp3) is 0.227. The van der Waals surface area contributed by atoms with Gasteiger partial charge in [-0.1, -0.05) is 17.8 Å². The number of carbonyl (C=O) groups is 1. The Morgan fingerprint density at radius 1 is 1.29 bits per heavy atom. The lowest BCUT2D eigenvalue weighted by Crippen LogP contribution is -2.32. The molecule has 2 aromatic carbocycles. The topological polar surface area (TPSA) is 161 Å². The molecule has 1 amide bonds. The zero-order valence-electron chi connectivity index (χ0n) is 18.0. The van der Waals surface area contributed by atoms with E-state index in [-0.39, 0.29) is 23.1 Å². The minimum absolute atomic E-state index is 0.0621. The number of nitro groups is 2. The van der Waals surface area contributed by atoms with Crippen LogP contribution in [0.3, 0.4) is 0 Å². The number of carbonyl (C=O) groups excluding carboxylic acids is 1. The highest BCUT2D eigenvalue weighted by Gasteiger charge is 2.20. The first-order valence-electron chi connectivity index (χ1n) is 10.4. The Morgan fingerprint density at radius 2 is 2.11 bits per heavy atom. The molecule has 1 fully saturated rings. The van der Waals surface area contributed by atoms with Crippen molar-refractivity contribution in [2.45, 2.75) is 28.2 Å². The van der Waals surface area contributed by atoms with Gasteiger partial charge in [0.2, 0.25) is 0 Å². The smallest absolute Gasteiger partial charge is 0.283 e. The number of non-ortho nitro benzene ring substituents is 1. The second-order valence-electron chi connectivity index (χ2n) is 7.49. The maximum atomic E-state index is 12.4. The molecule has 3 aromatic rings. The third kappa shape index (κ3) is 5.80. The molecule has 4 rings (SSSR count). The van der Waals surface area contributed by atoms with Gasteiger partial charge in [-0.15, -0.1) is 11.3 Å². The molecule has 1 aliphatic rings. The summed E-state index contributed by atoms with van der Waals surface area (Å²) in [7, 11) is 0. The largest absolute Gasteiger partial charge is 0.376 e. The van der Waals surface area contributed by atoms with Gasteiger partial charge in [0.05, 0.1) is 31.1 Å². The highest BCUT2D eigenvalue weighted by molar-refractivity contribution is 8.01. The van der Waals surface area contributed by atoms with Crippen LogP contribution in [-0.2, 0) is 9.53 Å². The number of thiazole rings is 1. The van der Waals surface area contributed by atoms with Gasteiger partial charge >= 0.3 is 0 Å². The van der Waals surface area contributed by atoms with E-state index in [1.165, 1.54) is 47.7 Å². The summed E-state index contributed by atoms with van der Waals surface area (Å²) in [4.78, 5) is 38.7. The van der Waals surface area contributed by atoms with Gasteiger partial charge in [0, 0.05) is 31.4 Å². The van der Waals surface area contributed by atoms with Gasteiger partial charge in [-0.2, -0.15) is 5.26 Å². The van der Waals surface area contributed by atoms with E-state index in [1.54, 1.807) is 6.07 Å². The molecule has 2 heterocycles. The van der Waals surface area contributed by atoms with Crippen molar-refractivity contribution in [2.24, 2.45) is 0 Å². The summed E-state index contributed by atoms with van der Waals surface area (Å²) >= 11 is 2.25. The van der Waals surface area contributed by atoms with Crippen LogP contribution in [-0.4, -0.2) is 40.0 Å². The van der Waals surface area contributed by atoms with Gasteiger partial charge in [-0.25, -0.2) is 4.98 Å². The normalized spacial score (nSPS) is 15.6. The van der Waals surface area contributed by atoms with Crippen LogP contribution < -0.4 is 5.32 Å². The van der Waals surface area contributed by atoms with E-state index >= 15 is 0 Å². The molecule has 0 aliphatic carbocycles. The Morgan fingerprint density at radius 3 is 2.80 bits per heavy atom. The number of aromatic nitrogens is 1. The molecule has 35 heavy (non-hydrogen) atoms. The molecule has 1 aromatic heterocycles. The van der Waals surface area contributed by atoms with Crippen LogP contribution in [0.4, 0.5) is 11.4 Å². The lowest BCUT2D eigenvalue weighted by atomic mass is 10.1. The van der Waals surface area contributed by atoms with Crippen LogP contribution in [0.1, 0.15) is 18.4 Å². The molecule has 0 radical (unpaired) electrons. The lowest BCUT2D eigenvalue weighted by molar-refractivity contribution is -0.387. The number of rotatable bonds is 8. The molecule has 178 valence electrons. The molecule has 13 heteroatoms. The molecule has 1 atom stereocenters. The Hall–Kier alpha value is -3.86. The molecule has 1 saturated heterocycles. The minimum atomic E-state index is -0.576. The van der Waals surface area contributed by atoms with E-state index in [0.29, 0.717) is 38.2 Å². The maximum Gasteiger partial charge on any atom is 0.283 e. The second kappa shape index (κ2) is 10.6. The number of nitrogens with one attached hydrogen (secondary N) is 1. The minimum Gasteiger partial charge on any atom is -0.376 e. The summed E-state index contributed by atoms with van der Waals surface area (Å²) in [5.41, 5.74) is 0.423. The average Bonchev–Trinajstić information content (AvgIpc) is 3.50. The Balaban J connectivity index is 1.54. The first-order chi connectivity index (χ1) is 16.8. The molecule has 0 saturated carbocycles. The second-order valence-corrected chi connectivity index (χ2v) is 9.81. The van der Waals surface area contributed by atoms with Crippen LogP contribution in [0.5, 0.6) is 0 Å². The van der Waals surface area contributed by atoms with Gasteiger partial charge in [0.25, 0.3) is 17.3 Å². The zero-order valence-corrected chi connectivity index (χ0v) is 19.6. The summed E-state index contributed by atoms with van der Waals surface area (Å²) in [6, 6.07) is 10.5. The van der Waals surface area contributed by atoms with Crippen molar-refractivity contribution in [3.05, 3.63) is 67.8 Å². The van der Waals surface area contributed by atoms with Gasteiger partial charge in [0.15, 0.2) is 4.34 Å².